The van der Waals surface area contributed by atoms with E-state index in [0.29, 0.717) is 6.10 Å². The zero-order valence-electron chi connectivity index (χ0n) is 16.5. The van der Waals surface area contributed by atoms with E-state index >= 15 is 0 Å². The third kappa shape index (κ3) is 19.7. The molecule has 0 aromatic heterocycles. The molecule has 1 atom stereocenters. The molecule has 0 N–H and O–H groups in total. The number of rotatable bonds is 18. The maximum Gasteiger partial charge on any atom is 0.0544 e. The van der Waals surface area contributed by atoms with E-state index in [0.717, 1.165) is 13.0 Å². The van der Waals surface area contributed by atoms with Gasteiger partial charge in [0.25, 0.3) is 0 Å². The molecule has 0 aliphatic heterocycles. The molecule has 0 heterocycles. The second-order valence-electron chi connectivity index (χ2n) is 7.03. The van der Waals surface area contributed by atoms with Crippen LogP contribution in [-0.4, -0.2) is 12.7 Å². The first-order chi connectivity index (χ1) is 11.3. The minimum atomic E-state index is 0.443. The van der Waals surface area contributed by atoms with Crippen LogP contribution in [0.5, 0.6) is 0 Å². The van der Waals surface area contributed by atoms with Crippen molar-refractivity contribution in [3.63, 3.8) is 0 Å². The first kappa shape index (κ1) is 22.7. The Kier molecular flexibility index (Phi) is 19.5. The maximum atomic E-state index is 5.70. The van der Waals surface area contributed by atoms with Crippen molar-refractivity contribution in [2.45, 2.75) is 123 Å². The summed E-state index contributed by atoms with van der Waals surface area (Å²) in [6.07, 6.45) is 25.5. The highest BCUT2D eigenvalue weighted by Gasteiger charge is 1.97. The highest BCUT2D eigenvalue weighted by atomic mass is 16.5. The van der Waals surface area contributed by atoms with E-state index in [2.05, 4.69) is 32.9 Å². The monoisotopic (exact) mass is 324 g/mol. The zero-order valence-corrected chi connectivity index (χ0v) is 16.5. The topological polar surface area (TPSA) is 9.23 Å². The summed E-state index contributed by atoms with van der Waals surface area (Å²) in [7, 11) is 0. The molecule has 0 fully saturated rings. The van der Waals surface area contributed by atoms with Gasteiger partial charge in [-0.3, -0.25) is 0 Å². The van der Waals surface area contributed by atoms with Crippen LogP contribution in [0.4, 0.5) is 0 Å². The van der Waals surface area contributed by atoms with E-state index in [1.807, 2.05) is 0 Å². The third-order valence-electron chi connectivity index (χ3n) is 4.63. The summed E-state index contributed by atoms with van der Waals surface area (Å²) in [6.45, 7) is 7.59. The average Bonchev–Trinajstić information content (AvgIpc) is 2.57. The van der Waals surface area contributed by atoms with Gasteiger partial charge in [-0.15, -0.1) is 0 Å². The lowest BCUT2D eigenvalue weighted by Crippen LogP contribution is -2.07. The van der Waals surface area contributed by atoms with Crippen molar-refractivity contribution in [2.24, 2.45) is 0 Å². The van der Waals surface area contributed by atoms with E-state index in [1.54, 1.807) is 0 Å². The Bertz CT molecular complexity index is 234. The Morgan fingerprint density at radius 1 is 0.652 bits per heavy atom. The van der Waals surface area contributed by atoms with Gasteiger partial charge >= 0.3 is 0 Å². The van der Waals surface area contributed by atoms with Gasteiger partial charge in [0, 0.05) is 6.61 Å². The molecule has 0 aromatic carbocycles. The van der Waals surface area contributed by atoms with Crippen LogP contribution in [-0.2, 0) is 4.74 Å². The van der Waals surface area contributed by atoms with Gasteiger partial charge in [0.15, 0.2) is 0 Å². The molecular formula is C22H44O. The van der Waals surface area contributed by atoms with E-state index in [4.69, 9.17) is 4.74 Å². The fourth-order valence-electron chi connectivity index (χ4n) is 2.75. The minimum Gasteiger partial charge on any atom is -0.379 e. The summed E-state index contributed by atoms with van der Waals surface area (Å²) in [6, 6.07) is 0. The molecule has 0 rings (SSSR count). The largest absolute Gasteiger partial charge is 0.379 e. The second kappa shape index (κ2) is 19.7. The van der Waals surface area contributed by atoms with Gasteiger partial charge in [0.2, 0.25) is 0 Å². The lowest BCUT2D eigenvalue weighted by Gasteiger charge is -2.09. The van der Waals surface area contributed by atoms with E-state index < -0.39 is 0 Å². The van der Waals surface area contributed by atoms with Crippen molar-refractivity contribution in [3.05, 3.63) is 12.2 Å². The molecule has 1 heteroatoms. The molecule has 23 heavy (non-hydrogen) atoms. The molecular weight excluding hydrogens is 280 g/mol. The number of allylic oxidation sites excluding steroid dienone is 2. The molecule has 0 aliphatic carbocycles. The Hall–Kier alpha value is -0.300. The van der Waals surface area contributed by atoms with Crippen LogP contribution in [0.15, 0.2) is 12.2 Å². The lowest BCUT2D eigenvalue weighted by atomic mass is 10.1. The fourth-order valence-corrected chi connectivity index (χ4v) is 2.75. The number of hydrogen-bond acceptors (Lipinski definition) is 1. The third-order valence-corrected chi connectivity index (χ3v) is 4.63. The first-order valence-electron chi connectivity index (χ1n) is 10.6. The van der Waals surface area contributed by atoms with Crippen LogP contribution in [0.2, 0.25) is 0 Å². The Labute approximate surface area is 147 Å². The van der Waals surface area contributed by atoms with Gasteiger partial charge in [0.1, 0.15) is 0 Å². The quantitative estimate of drug-likeness (QED) is 0.184. The van der Waals surface area contributed by atoms with E-state index in [1.165, 1.54) is 89.9 Å². The van der Waals surface area contributed by atoms with E-state index in [-0.39, 0.29) is 0 Å². The first-order valence-corrected chi connectivity index (χ1v) is 10.6. The molecule has 0 spiro atoms. The van der Waals surface area contributed by atoms with Crippen molar-refractivity contribution in [2.75, 3.05) is 6.61 Å². The van der Waals surface area contributed by atoms with Crippen LogP contribution in [0.25, 0.3) is 0 Å². The standard InChI is InChI=1S/C22H44O/c1-4-6-7-8-9-10-11-12-13-14-15-16-17-18-19-20-21-23-22(3)5-2/h12-13,22H,4-11,14-21H2,1-3H3/b13-12+. The zero-order chi connectivity index (χ0) is 17.0. The molecule has 0 saturated carbocycles. The molecule has 1 unspecified atom stereocenters. The van der Waals surface area contributed by atoms with Crippen LogP contribution in [0.1, 0.15) is 117 Å². The summed E-state index contributed by atoms with van der Waals surface area (Å²) < 4.78 is 5.70. The summed E-state index contributed by atoms with van der Waals surface area (Å²) in [5, 5.41) is 0. The molecule has 138 valence electrons. The van der Waals surface area contributed by atoms with Gasteiger partial charge in [-0.2, -0.15) is 0 Å². The second-order valence-corrected chi connectivity index (χ2v) is 7.03. The van der Waals surface area contributed by atoms with E-state index in [9.17, 15) is 0 Å². The molecule has 0 saturated heterocycles. The van der Waals surface area contributed by atoms with Gasteiger partial charge in [-0.1, -0.05) is 83.8 Å². The van der Waals surface area contributed by atoms with Crippen LogP contribution in [0.3, 0.4) is 0 Å². The highest BCUT2D eigenvalue weighted by molar-refractivity contribution is 4.81. The number of ether oxygens (including phenoxy) is 1. The van der Waals surface area contributed by atoms with Crippen molar-refractivity contribution in [1.82, 2.24) is 0 Å². The minimum absolute atomic E-state index is 0.443. The number of unbranched alkanes of at least 4 members (excludes halogenated alkanes) is 12. The normalized spacial score (nSPS) is 13.0. The molecule has 0 bridgehead atoms. The van der Waals surface area contributed by atoms with Gasteiger partial charge < -0.3 is 4.74 Å². The number of hydrogen-bond donors (Lipinski definition) is 0. The Morgan fingerprint density at radius 3 is 1.65 bits per heavy atom. The van der Waals surface area contributed by atoms with Gasteiger partial charge in [0.05, 0.1) is 6.10 Å². The molecule has 0 amide bonds. The molecule has 1 nitrogen and oxygen atoms in total. The van der Waals surface area contributed by atoms with Crippen molar-refractivity contribution >= 4 is 0 Å². The molecule has 0 aliphatic rings. The van der Waals surface area contributed by atoms with Crippen LogP contribution in [0, 0.1) is 0 Å². The average molecular weight is 325 g/mol. The summed E-state index contributed by atoms with van der Waals surface area (Å²) in [5.74, 6) is 0. The summed E-state index contributed by atoms with van der Waals surface area (Å²) in [4.78, 5) is 0. The van der Waals surface area contributed by atoms with Crippen molar-refractivity contribution in [1.29, 1.82) is 0 Å². The fraction of sp³-hybridized carbons (Fsp3) is 0.909. The summed E-state index contributed by atoms with van der Waals surface area (Å²) in [5.41, 5.74) is 0. The Morgan fingerprint density at radius 2 is 1.13 bits per heavy atom. The van der Waals surface area contributed by atoms with Gasteiger partial charge in [-0.25, -0.2) is 0 Å². The predicted molar refractivity (Wildman–Crippen MR) is 105 cm³/mol. The smallest absolute Gasteiger partial charge is 0.0544 e. The van der Waals surface area contributed by atoms with Crippen LogP contribution < -0.4 is 0 Å². The van der Waals surface area contributed by atoms with Crippen molar-refractivity contribution in [3.8, 4) is 0 Å². The highest BCUT2D eigenvalue weighted by Crippen LogP contribution is 2.10. The SMILES string of the molecule is CCCCCCCC/C=C/CCCCCCCCOC(C)CC. The predicted octanol–water partition coefficient (Wildman–Crippen LogP) is 7.84. The summed E-state index contributed by atoms with van der Waals surface area (Å²) >= 11 is 0. The Balaban J connectivity index is 3.08. The maximum absolute atomic E-state index is 5.70. The van der Waals surface area contributed by atoms with Crippen LogP contribution >= 0.6 is 0 Å². The van der Waals surface area contributed by atoms with Crippen molar-refractivity contribution < 1.29 is 4.74 Å². The molecule has 0 radical (unpaired) electrons. The van der Waals surface area contributed by atoms with Gasteiger partial charge in [-0.05, 0) is 45.4 Å². The molecule has 0 aromatic rings. The lowest BCUT2D eigenvalue weighted by molar-refractivity contribution is 0.0608.